The van der Waals surface area contributed by atoms with E-state index < -0.39 is 5.91 Å². The minimum absolute atomic E-state index is 0.0762. The molecule has 3 rings (SSSR count). The fourth-order valence-electron chi connectivity index (χ4n) is 3.55. The van der Waals surface area contributed by atoms with Crippen molar-refractivity contribution in [2.75, 3.05) is 18.9 Å². The standard InChI is InChI=1S/C21H27N3O2S/c1-14-7-3-4-8-15(14)13-24(2)12-11-18(25)23-21-19(20(22)26)16-9-5-6-10-17(16)27-21/h3-4,7-8H,5-6,9-13H2,1-2H3,(H2,22,26)(H,23,25). The molecule has 3 N–H and O–H groups in total. The lowest BCUT2D eigenvalue weighted by Crippen LogP contribution is -2.25. The number of carbonyl (C=O) groups excluding carboxylic acids is 2. The molecular formula is C21H27N3O2S. The number of nitrogens with one attached hydrogen (secondary N) is 1. The molecule has 6 heteroatoms. The van der Waals surface area contributed by atoms with Gasteiger partial charge in [0.05, 0.1) is 5.56 Å². The normalized spacial score (nSPS) is 13.4. The second-order valence-corrected chi connectivity index (χ2v) is 8.35. The van der Waals surface area contributed by atoms with Crippen molar-refractivity contribution in [1.82, 2.24) is 4.90 Å². The van der Waals surface area contributed by atoms with Gasteiger partial charge in [0.2, 0.25) is 5.91 Å². The molecule has 1 heterocycles. The van der Waals surface area contributed by atoms with Gasteiger partial charge in [-0.05, 0) is 56.3 Å². The minimum atomic E-state index is -0.443. The van der Waals surface area contributed by atoms with E-state index in [1.807, 2.05) is 19.2 Å². The number of thiophene rings is 1. The van der Waals surface area contributed by atoms with Gasteiger partial charge in [0, 0.05) is 24.4 Å². The molecule has 2 amide bonds. The zero-order chi connectivity index (χ0) is 19.4. The first-order chi connectivity index (χ1) is 13.0. The topological polar surface area (TPSA) is 75.4 Å². The lowest BCUT2D eigenvalue weighted by Gasteiger charge is -2.17. The van der Waals surface area contributed by atoms with Crippen LogP contribution in [0.3, 0.4) is 0 Å². The summed E-state index contributed by atoms with van der Waals surface area (Å²) in [7, 11) is 2.01. The molecular weight excluding hydrogens is 358 g/mol. The summed E-state index contributed by atoms with van der Waals surface area (Å²) in [6.45, 7) is 3.55. The number of nitrogens with two attached hydrogens (primary N) is 1. The summed E-state index contributed by atoms with van der Waals surface area (Å²) < 4.78 is 0. The summed E-state index contributed by atoms with van der Waals surface area (Å²) in [6, 6.07) is 8.27. The Labute approximate surface area is 164 Å². The Kier molecular flexibility index (Phi) is 6.29. The molecule has 0 fully saturated rings. The van der Waals surface area contributed by atoms with E-state index in [9.17, 15) is 9.59 Å². The maximum Gasteiger partial charge on any atom is 0.251 e. The van der Waals surface area contributed by atoms with Crippen molar-refractivity contribution in [3.63, 3.8) is 0 Å². The predicted octanol–water partition coefficient (Wildman–Crippen LogP) is 3.49. The van der Waals surface area contributed by atoms with Gasteiger partial charge in [0.15, 0.2) is 0 Å². The van der Waals surface area contributed by atoms with Gasteiger partial charge in [-0.1, -0.05) is 24.3 Å². The number of aryl methyl sites for hydroxylation is 2. The molecule has 0 atom stereocenters. The fraction of sp³-hybridized carbons (Fsp3) is 0.429. The number of rotatable bonds is 7. The monoisotopic (exact) mass is 385 g/mol. The molecule has 2 aromatic rings. The Hall–Kier alpha value is -2.18. The minimum Gasteiger partial charge on any atom is -0.365 e. The average molecular weight is 386 g/mol. The molecule has 0 radical (unpaired) electrons. The van der Waals surface area contributed by atoms with Gasteiger partial charge in [-0.3, -0.25) is 9.59 Å². The SMILES string of the molecule is Cc1ccccc1CN(C)CCC(=O)Nc1sc2c(c1C(N)=O)CCCC2. The smallest absolute Gasteiger partial charge is 0.251 e. The third-order valence-electron chi connectivity index (χ3n) is 5.09. The highest BCUT2D eigenvalue weighted by atomic mass is 32.1. The Morgan fingerprint density at radius 1 is 1.22 bits per heavy atom. The Balaban J connectivity index is 1.59. The van der Waals surface area contributed by atoms with Gasteiger partial charge in [-0.2, -0.15) is 0 Å². The van der Waals surface area contributed by atoms with E-state index >= 15 is 0 Å². The fourth-order valence-corrected chi connectivity index (χ4v) is 4.86. The number of fused-ring (bicyclic) bond motifs is 1. The summed E-state index contributed by atoms with van der Waals surface area (Å²) in [5.74, 6) is -0.519. The second-order valence-electron chi connectivity index (χ2n) is 7.24. The summed E-state index contributed by atoms with van der Waals surface area (Å²) in [5, 5.41) is 3.56. The molecule has 1 aliphatic rings. The molecule has 1 aliphatic carbocycles. The third kappa shape index (κ3) is 4.76. The lowest BCUT2D eigenvalue weighted by molar-refractivity contribution is -0.116. The van der Waals surface area contributed by atoms with Gasteiger partial charge in [-0.25, -0.2) is 0 Å². The van der Waals surface area contributed by atoms with Crippen LogP contribution in [0.25, 0.3) is 0 Å². The molecule has 0 saturated heterocycles. The lowest BCUT2D eigenvalue weighted by atomic mass is 9.95. The first kappa shape index (κ1) is 19.6. The highest BCUT2D eigenvalue weighted by molar-refractivity contribution is 7.17. The zero-order valence-electron chi connectivity index (χ0n) is 16.0. The highest BCUT2D eigenvalue weighted by Gasteiger charge is 2.24. The van der Waals surface area contributed by atoms with Crippen LogP contribution >= 0.6 is 11.3 Å². The predicted molar refractivity (Wildman–Crippen MR) is 110 cm³/mol. The van der Waals surface area contributed by atoms with Gasteiger partial charge in [0.1, 0.15) is 5.00 Å². The van der Waals surface area contributed by atoms with E-state index in [1.165, 1.54) is 27.3 Å². The van der Waals surface area contributed by atoms with Gasteiger partial charge in [-0.15, -0.1) is 11.3 Å². The maximum atomic E-state index is 12.4. The van der Waals surface area contributed by atoms with E-state index in [0.717, 1.165) is 37.8 Å². The van der Waals surface area contributed by atoms with Gasteiger partial charge < -0.3 is 16.0 Å². The maximum absolute atomic E-state index is 12.4. The van der Waals surface area contributed by atoms with E-state index in [4.69, 9.17) is 5.73 Å². The largest absolute Gasteiger partial charge is 0.365 e. The van der Waals surface area contributed by atoms with E-state index in [2.05, 4.69) is 29.3 Å². The summed E-state index contributed by atoms with van der Waals surface area (Å²) in [5.41, 5.74) is 9.68. The number of amides is 2. The molecule has 0 spiro atoms. The number of benzene rings is 1. The molecule has 1 aromatic heterocycles. The number of anilines is 1. The highest BCUT2D eigenvalue weighted by Crippen LogP contribution is 2.37. The molecule has 144 valence electrons. The Bertz CT molecular complexity index is 844. The van der Waals surface area contributed by atoms with Crippen LogP contribution in [0.4, 0.5) is 5.00 Å². The summed E-state index contributed by atoms with van der Waals surface area (Å²) in [4.78, 5) is 27.7. The van der Waals surface area contributed by atoms with Crippen molar-refractivity contribution in [1.29, 1.82) is 0 Å². The van der Waals surface area contributed by atoms with Crippen molar-refractivity contribution in [3.05, 3.63) is 51.4 Å². The van der Waals surface area contributed by atoms with Crippen LogP contribution < -0.4 is 11.1 Å². The van der Waals surface area contributed by atoms with Crippen molar-refractivity contribution in [3.8, 4) is 0 Å². The quantitative estimate of drug-likeness (QED) is 0.766. The van der Waals surface area contributed by atoms with E-state index in [1.54, 1.807) is 0 Å². The van der Waals surface area contributed by atoms with Crippen LogP contribution in [0.2, 0.25) is 0 Å². The van der Waals surface area contributed by atoms with Crippen LogP contribution in [0.5, 0.6) is 0 Å². The zero-order valence-corrected chi connectivity index (χ0v) is 16.8. The molecule has 0 unspecified atom stereocenters. The van der Waals surface area contributed by atoms with Crippen LogP contribution in [-0.2, 0) is 24.2 Å². The molecule has 0 saturated carbocycles. The first-order valence-corrected chi connectivity index (χ1v) is 10.2. The third-order valence-corrected chi connectivity index (χ3v) is 6.30. The number of nitrogens with zero attached hydrogens (tertiary/aromatic N) is 1. The van der Waals surface area contributed by atoms with Crippen molar-refractivity contribution >= 4 is 28.2 Å². The summed E-state index contributed by atoms with van der Waals surface area (Å²) in [6.07, 6.45) is 4.42. The number of hydrogen-bond acceptors (Lipinski definition) is 4. The van der Waals surface area contributed by atoms with Crippen LogP contribution in [-0.4, -0.2) is 30.3 Å². The average Bonchev–Trinajstić information content (AvgIpc) is 3.00. The van der Waals surface area contributed by atoms with Crippen LogP contribution in [0.1, 0.15) is 51.2 Å². The molecule has 1 aromatic carbocycles. The molecule has 27 heavy (non-hydrogen) atoms. The molecule has 0 bridgehead atoms. The van der Waals surface area contributed by atoms with Gasteiger partial charge in [0.25, 0.3) is 5.91 Å². The van der Waals surface area contributed by atoms with E-state index in [0.29, 0.717) is 23.5 Å². The number of carbonyl (C=O) groups is 2. The number of primary amides is 1. The Morgan fingerprint density at radius 3 is 2.70 bits per heavy atom. The first-order valence-electron chi connectivity index (χ1n) is 9.43. The van der Waals surface area contributed by atoms with Gasteiger partial charge >= 0.3 is 0 Å². The molecule has 5 nitrogen and oxygen atoms in total. The van der Waals surface area contributed by atoms with E-state index in [-0.39, 0.29) is 5.91 Å². The molecule has 0 aliphatic heterocycles. The second kappa shape index (κ2) is 8.67. The summed E-state index contributed by atoms with van der Waals surface area (Å²) >= 11 is 1.51. The van der Waals surface area contributed by atoms with Crippen molar-refractivity contribution < 1.29 is 9.59 Å². The van der Waals surface area contributed by atoms with Crippen molar-refractivity contribution in [2.45, 2.75) is 45.6 Å². The van der Waals surface area contributed by atoms with Crippen LogP contribution in [0.15, 0.2) is 24.3 Å². The number of hydrogen-bond donors (Lipinski definition) is 2. The van der Waals surface area contributed by atoms with Crippen molar-refractivity contribution in [2.24, 2.45) is 5.73 Å². The van der Waals surface area contributed by atoms with Crippen LogP contribution in [0, 0.1) is 6.92 Å². The Morgan fingerprint density at radius 2 is 1.96 bits per heavy atom.